The summed E-state index contributed by atoms with van der Waals surface area (Å²) in [4.78, 5) is 12.6. The molecule has 0 aliphatic carbocycles. The number of benzene rings is 3. The highest BCUT2D eigenvalue weighted by Crippen LogP contribution is 2.30. The van der Waals surface area contributed by atoms with Gasteiger partial charge in [0.1, 0.15) is 12.7 Å². The number of sulfonamides is 1. The Balaban J connectivity index is 1.39. The standard InChI is InChI=1S/C26H28N2O5S/c1-18-12-19(2)14-22(13-18)28(34(3,30)31)16-20-8-10-21(11-9-20)26(29)27-15-23-17-32-24-6-4-5-7-25(24)33-23/h4-14,23H,15-17H2,1-3H3,(H,27,29)/t23-/m0/s1. The van der Waals surface area contributed by atoms with Gasteiger partial charge in [0, 0.05) is 5.56 Å². The maximum Gasteiger partial charge on any atom is 0.251 e. The average molecular weight is 481 g/mol. The van der Waals surface area contributed by atoms with Gasteiger partial charge in [-0.2, -0.15) is 0 Å². The average Bonchev–Trinajstić information content (AvgIpc) is 2.80. The maximum absolute atomic E-state index is 12.6. The molecule has 0 aromatic heterocycles. The zero-order valence-electron chi connectivity index (χ0n) is 19.4. The van der Waals surface area contributed by atoms with Crippen LogP contribution < -0.4 is 19.1 Å². The van der Waals surface area contributed by atoms with Crippen molar-refractivity contribution in [3.63, 3.8) is 0 Å². The number of rotatable bonds is 7. The van der Waals surface area contributed by atoms with Crippen molar-refractivity contribution in [2.75, 3.05) is 23.7 Å². The normalized spacial score (nSPS) is 15.0. The molecule has 0 unspecified atom stereocenters. The SMILES string of the molecule is Cc1cc(C)cc(N(Cc2ccc(C(=O)NC[C@H]3COc4ccccc4O3)cc2)S(C)(=O)=O)c1. The summed E-state index contributed by atoms with van der Waals surface area (Å²) in [6, 6.07) is 20.1. The monoisotopic (exact) mass is 480 g/mol. The van der Waals surface area contributed by atoms with Crippen molar-refractivity contribution in [2.45, 2.75) is 26.5 Å². The maximum atomic E-state index is 12.6. The van der Waals surface area contributed by atoms with Crippen LogP contribution in [0.2, 0.25) is 0 Å². The molecule has 3 aromatic rings. The van der Waals surface area contributed by atoms with E-state index < -0.39 is 10.0 Å². The Bertz CT molecular complexity index is 1270. The van der Waals surface area contributed by atoms with Gasteiger partial charge in [0.15, 0.2) is 11.5 Å². The van der Waals surface area contributed by atoms with Crippen LogP contribution in [0.3, 0.4) is 0 Å². The summed E-state index contributed by atoms with van der Waals surface area (Å²) in [5.74, 6) is 1.13. The van der Waals surface area contributed by atoms with E-state index in [1.54, 1.807) is 24.3 Å². The van der Waals surface area contributed by atoms with Crippen LogP contribution in [-0.4, -0.2) is 39.8 Å². The first kappa shape index (κ1) is 23.6. The van der Waals surface area contributed by atoms with E-state index in [-0.39, 0.29) is 18.6 Å². The number of amides is 1. The molecule has 1 heterocycles. The third-order valence-corrected chi connectivity index (χ3v) is 6.64. The fourth-order valence-corrected chi connectivity index (χ4v) is 4.77. The van der Waals surface area contributed by atoms with Gasteiger partial charge in [-0.15, -0.1) is 0 Å². The molecule has 3 aromatic carbocycles. The van der Waals surface area contributed by atoms with Gasteiger partial charge in [-0.1, -0.05) is 30.3 Å². The van der Waals surface area contributed by atoms with Gasteiger partial charge in [-0.3, -0.25) is 9.10 Å². The van der Waals surface area contributed by atoms with Crippen LogP contribution in [0, 0.1) is 13.8 Å². The first-order chi connectivity index (χ1) is 16.2. The predicted molar refractivity (Wildman–Crippen MR) is 132 cm³/mol. The van der Waals surface area contributed by atoms with Crippen molar-refractivity contribution in [3.05, 3.63) is 89.0 Å². The molecule has 4 rings (SSSR count). The zero-order chi connectivity index (χ0) is 24.3. The molecule has 0 spiro atoms. The lowest BCUT2D eigenvalue weighted by molar-refractivity contribution is 0.0789. The molecular formula is C26H28N2O5S. The number of fused-ring (bicyclic) bond motifs is 1. The van der Waals surface area contributed by atoms with Crippen LogP contribution in [0.25, 0.3) is 0 Å². The summed E-state index contributed by atoms with van der Waals surface area (Å²) in [6.07, 6.45) is 0.918. The molecular weight excluding hydrogens is 452 g/mol. The van der Waals surface area contributed by atoms with Crippen molar-refractivity contribution in [2.24, 2.45) is 0 Å². The molecule has 0 bridgehead atoms. The quantitative estimate of drug-likeness (QED) is 0.555. The van der Waals surface area contributed by atoms with Crippen molar-refractivity contribution in [1.29, 1.82) is 0 Å². The second-order valence-electron chi connectivity index (χ2n) is 8.52. The third-order valence-electron chi connectivity index (χ3n) is 5.49. The van der Waals surface area contributed by atoms with E-state index in [9.17, 15) is 13.2 Å². The predicted octanol–water partition coefficient (Wildman–Crippen LogP) is 3.84. The molecule has 8 heteroatoms. The molecule has 1 atom stereocenters. The fourth-order valence-electron chi connectivity index (χ4n) is 3.89. The molecule has 0 fully saturated rings. The topological polar surface area (TPSA) is 84.9 Å². The Morgan fingerprint density at radius 3 is 2.29 bits per heavy atom. The summed E-state index contributed by atoms with van der Waals surface area (Å²) >= 11 is 0. The highest BCUT2D eigenvalue weighted by molar-refractivity contribution is 7.92. The number of hydrogen-bond acceptors (Lipinski definition) is 5. The van der Waals surface area contributed by atoms with Crippen molar-refractivity contribution in [3.8, 4) is 11.5 Å². The van der Waals surface area contributed by atoms with E-state index in [0.29, 0.717) is 35.9 Å². The van der Waals surface area contributed by atoms with E-state index in [4.69, 9.17) is 9.47 Å². The molecule has 34 heavy (non-hydrogen) atoms. The molecule has 1 N–H and O–H groups in total. The van der Waals surface area contributed by atoms with Gasteiger partial charge in [0.2, 0.25) is 10.0 Å². The largest absolute Gasteiger partial charge is 0.486 e. The first-order valence-corrected chi connectivity index (χ1v) is 12.9. The number of nitrogens with zero attached hydrogens (tertiary/aromatic N) is 1. The van der Waals surface area contributed by atoms with Gasteiger partial charge < -0.3 is 14.8 Å². The van der Waals surface area contributed by atoms with Gasteiger partial charge in [0.25, 0.3) is 5.91 Å². The van der Waals surface area contributed by atoms with Gasteiger partial charge >= 0.3 is 0 Å². The lowest BCUT2D eigenvalue weighted by Gasteiger charge is -2.26. The Morgan fingerprint density at radius 1 is 1.00 bits per heavy atom. The number of anilines is 1. The molecule has 1 aliphatic heterocycles. The van der Waals surface area contributed by atoms with Crippen LogP contribution in [0.5, 0.6) is 11.5 Å². The highest BCUT2D eigenvalue weighted by atomic mass is 32.2. The second-order valence-corrected chi connectivity index (χ2v) is 10.4. The van der Waals surface area contributed by atoms with E-state index in [1.165, 1.54) is 10.6 Å². The van der Waals surface area contributed by atoms with E-state index in [1.807, 2.05) is 56.3 Å². The minimum atomic E-state index is -3.49. The third kappa shape index (κ3) is 5.69. The summed E-state index contributed by atoms with van der Waals surface area (Å²) in [6.45, 7) is 4.72. The number of ether oxygens (including phenoxy) is 2. The van der Waals surface area contributed by atoms with E-state index in [0.717, 1.165) is 16.7 Å². The van der Waals surface area contributed by atoms with Crippen LogP contribution in [0.4, 0.5) is 5.69 Å². The molecule has 178 valence electrons. The Morgan fingerprint density at radius 2 is 1.65 bits per heavy atom. The van der Waals surface area contributed by atoms with Crippen molar-refractivity contribution in [1.82, 2.24) is 5.32 Å². The molecule has 1 aliphatic rings. The summed E-state index contributed by atoms with van der Waals surface area (Å²) < 4.78 is 37.9. The lowest BCUT2D eigenvalue weighted by atomic mass is 10.1. The summed E-state index contributed by atoms with van der Waals surface area (Å²) in [5.41, 5.74) is 3.87. The van der Waals surface area contributed by atoms with Crippen molar-refractivity contribution < 1.29 is 22.7 Å². The number of carbonyl (C=O) groups excluding carboxylic acids is 1. The minimum Gasteiger partial charge on any atom is -0.486 e. The van der Waals surface area contributed by atoms with Gasteiger partial charge in [0.05, 0.1) is 25.0 Å². The van der Waals surface area contributed by atoms with Crippen LogP contribution in [0.1, 0.15) is 27.0 Å². The number of aryl methyl sites for hydroxylation is 2. The molecule has 7 nitrogen and oxygen atoms in total. The fraction of sp³-hybridized carbons (Fsp3) is 0.269. The van der Waals surface area contributed by atoms with Gasteiger partial charge in [-0.05, 0) is 66.9 Å². The molecule has 0 saturated heterocycles. The Kier molecular flexibility index (Phi) is 6.79. The van der Waals surface area contributed by atoms with Crippen LogP contribution >= 0.6 is 0 Å². The molecule has 0 radical (unpaired) electrons. The van der Waals surface area contributed by atoms with Gasteiger partial charge in [-0.25, -0.2) is 8.42 Å². The minimum absolute atomic E-state index is 0.177. The van der Waals surface area contributed by atoms with Crippen molar-refractivity contribution >= 4 is 21.6 Å². The molecule has 1 amide bonds. The van der Waals surface area contributed by atoms with Crippen LogP contribution in [-0.2, 0) is 16.6 Å². The Hall–Kier alpha value is -3.52. The van der Waals surface area contributed by atoms with E-state index in [2.05, 4.69) is 5.32 Å². The summed E-state index contributed by atoms with van der Waals surface area (Å²) in [7, 11) is -3.49. The summed E-state index contributed by atoms with van der Waals surface area (Å²) in [5, 5.41) is 2.87. The smallest absolute Gasteiger partial charge is 0.251 e. The number of hydrogen-bond donors (Lipinski definition) is 1. The number of nitrogens with one attached hydrogen (secondary N) is 1. The zero-order valence-corrected chi connectivity index (χ0v) is 20.3. The lowest BCUT2D eigenvalue weighted by Crippen LogP contribution is -2.40. The molecule has 0 saturated carbocycles. The number of carbonyl (C=O) groups is 1. The second kappa shape index (κ2) is 9.77. The van der Waals surface area contributed by atoms with E-state index >= 15 is 0 Å². The number of para-hydroxylation sites is 2. The first-order valence-electron chi connectivity index (χ1n) is 11.0. The Labute approximate surface area is 200 Å². The highest BCUT2D eigenvalue weighted by Gasteiger charge is 2.22. The van der Waals surface area contributed by atoms with Crippen LogP contribution in [0.15, 0.2) is 66.7 Å².